The van der Waals surface area contributed by atoms with E-state index in [-0.39, 0.29) is 23.4 Å². The van der Waals surface area contributed by atoms with Crippen molar-refractivity contribution in [2.45, 2.75) is 6.42 Å². The fourth-order valence-electron chi connectivity index (χ4n) is 3.65. The molecule has 3 aromatic heterocycles. The quantitative estimate of drug-likeness (QED) is 0.448. The van der Waals surface area contributed by atoms with Crippen molar-refractivity contribution in [3.05, 3.63) is 87.5 Å². The molecule has 10 nitrogen and oxygen atoms in total. The number of aryl methyl sites for hydroxylation is 1. The summed E-state index contributed by atoms with van der Waals surface area (Å²) < 4.78 is 2.73. The highest BCUT2D eigenvalue weighted by Gasteiger charge is 2.16. The summed E-state index contributed by atoms with van der Waals surface area (Å²) in [5.74, 6) is -0.309. The minimum Gasteiger partial charge on any atom is -0.324 e. The van der Waals surface area contributed by atoms with Crippen molar-refractivity contribution in [1.29, 1.82) is 0 Å². The van der Waals surface area contributed by atoms with E-state index < -0.39 is 0 Å². The van der Waals surface area contributed by atoms with Crippen molar-refractivity contribution >= 4 is 33.4 Å². The number of hydrogen-bond donors (Lipinski definition) is 2. The van der Waals surface area contributed by atoms with Gasteiger partial charge in [0.1, 0.15) is 5.39 Å². The number of anilines is 1. The molecule has 10 heteroatoms. The number of para-hydroxylation sites is 2. The van der Waals surface area contributed by atoms with Gasteiger partial charge in [-0.3, -0.25) is 14.4 Å². The predicted octanol–water partition coefficient (Wildman–Crippen LogP) is 1.54. The van der Waals surface area contributed by atoms with E-state index >= 15 is 0 Å². The van der Waals surface area contributed by atoms with Crippen molar-refractivity contribution in [1.82, 2.24) is 29.5 Å². The lowest BCUT2D eigenvalue weighted by Gasteiger charge is -2.12. The molecule has 2 aromatic carbocycles. The Balaban J connectivity index is 1.50. The lowest BCUT2D eigenvalue weighted by atomic mass is 10.1. The van der Waals surface area contributed by atoms with E-state index in [4.69, 9.17) is 0 Å². The first-order valence-corrected chi connectivity index (χ1v) is 9.78. The minimum absolute atomic E-state index is 0.0270. The third-order valence-electron chi connectivity index (χ3n) is 5.14. The van der Waals surface area contributed by atoms with Gasteiger partial charge in [-0.15, -0.1) is 0 Å². The lowest BCUT2D eigenvalue weighted by molar-refractivity contribution is -0.115. The summed E-state index contributed by atoms with van der Waals surface area (Å²) in [6.07, 6.45) is 2.71. The van der Waals surface area contributed by atoms with E-state index in [1.807, 2.05) is 0 Å². The van der Waals surface area contributed by atoms with Crippen LogP contribution in [0.4, 0.5) is 5.69 Å². The minimum atomic E-state index is -0.309. The number of benzene rings is 2. The zero-order chi connectivity index (χ0) is 22.2. The summed E-state index contributed by atoms with van der Waals surface area (Å²) in [5, 5.41) is 12.9. The van der Waals surface area contributed by atoms with Crippen LogP contribution in [0.15, 0.2) is 70.6 Å². The maximum atomic E-state index is 12.9. The monoisotopic (exact) mass is 427 g/mol. The maximum absolute atomic E-state index is 12.9. The molecule has 0 unspecified atom stereocenters. The van der Waals surface area contributed by atoms with Crippen LogP contribution in [0.5, 0.6) is 0 Å². The van der Waals surface area contributed by atoms with Gasteiger partial charge >= 0.3 is 0 Å². The van der Waals surface area contributed by atoms with Crippen molar-refractivity contribution in [3.8, 4) is 5.69 Å². The Morgan fingerprint density at radius 2 is 1.78 bits per heavy atom. The number of aromatic amines is 1. The molecule has 2 N–H and O–H groups in total. The summed E-state index contributed by atoms with van der Waals surface area (Å²) in [6, 6.07) is 14.2. The van der Waals surface area contributed by atoms with Crippen LogP contribution < -0.4 is 16.4 Å². The van der Waals surface area contributed by atoms with Gasteiger partial charge < -0.3 is 10.3 Å². The molecule has 0 aliphatic heterocycles. The van der Waals surface area contributed by atoms with E-state index in [0.29, 0.717) is 38.9 Å². The Labute approximate surface area is 180 Å². The van der Waals surface area contributed by atoms with Crippen molar-refractivity contribution in [2.75, 3.05) is 5.32 Å². The van der Waals surface area contributed by atoms with Gasteiger partial charge in [0.25, 0.3) is 11.1 Å². The van der Waals surface area contributed by atoms with Crippen molar-refractivity contribution in [2.24, 2.45) is 7.05 Å². The molecule has 158 valence electrons. The third-order valence-corrected chi connectivity index (χ3v) is 5.14. The van der Waals surface area contributed by atoms with Gasteiger partial charge in [0.15, 0.2) is 5.65 Å². The highest BCUT2D eigenvalue weighted by molar-refractivity contribution is 5.97. The second kappa shape index (κ2) is 7.58. The summed E-state index contributed by atoms with van der Waals surface area (Å²) in [4.78, 5) is 44.0. The molecule has 5 aromatic rings. The highest BCUT2D eigenvalue weighted by atomic mass is 16.2. The van der Waals surface area contributed by atoms with Crippen LogP contribution >= 0.6 is 0 Å². The van der Waals surface area contributed by atoms with E-state index in [2.05, 4.69) is 25.5 Å². The Kier molecular flexibility index (Phi) is 4.59. The van der Waals surface area contributed by atoms with Crippen LogP contribution in [0.3, 0.4) is 0 Å². The maximum Gasteiger partial charge on any atom is 0.274 e. The predicted molar refractivity (Wildman–Crippen MR) is 119 cm³/mol. The molecule has 0 bridgehead atoms. The first-order chi connectivity index (χ1) is 15.5. The zero-order valence-electron chi connectivity index (χ0n) is 16.9. The van der Waals surface area contributed by atoms with Crippen LogP contribution in [0.1, 0.15) is 5.69 Å². The number of hydrogen-bond acceptors (Lipinski definition) is 6. The second-order valence-electron chi connectivity index (χ2n) is 7.19. The number of carbonyl (C=O) groups excluding carboxylic acids is 1. The number of aromatic nitrogens is 6. The van der Waals surface area contributed by atoms with Gasteiger partial charge in [0.2, 0.25) is 5.91 Å². The molecular formula is C22H17N7O3. The molecule has 0 atom stereocenters. The van der Waals surface area contributed by atoms with E-state index in [0.717, 1.165) is 0 Å². The highest BCUT2D eigenvalue weighted by Crippen LogP contribution is 2.23. The molecule has 3 heterocycles. The van der Waals surface area contributed by atoms with Crippen LogP contribution in [0.25, 0.3) is 27.5 Å². The molecule has 1 amide bonds. The first-order valence-electron chi connectivity index (χ1n) is 9.78. The fourth-order valence-corrected chi connectivity index (χ4v) is 3.65. The average molecular weight is 427 g/mol. The molecule has 5 rings (SSSR count). The Bertz CT molecular complexity index is 1610. The summed E-state index contributed by atoms with van der Waals surface area (Å²) >= 11 is 0. The van der Waals surface area contributed by atoms with E-state index in [9.17, 15) is 14.4 Å². The molecule has 0 saturated heterocycles. The first kappa shape index (κ1) is 19.4. The molecule has 32 heavy (non-hydrogen) atoms. The summed E-state index contributed by atoms with van der Waals surface area (Å²) in [7, 11) is 1.56. The average Bonchev–Trinajstić information content (AvgIpc) is 3.23. The van der Waals surface area contributed by atoms with E-state index in [1.54, 1.807) is 55.6 Å². The van der Waals surface area contributed by atoms with Gasteiger partial charge in [0.05, 0.1) is 41.4 Å². The standard InChI is InChI=1S/C22H17N7O3/c1-28-22(32)14-7-3-2-6-13(14)17(27-28)10-19(30)26-16-8-4-5-9-18(16)29-20-15(11-25-29)21(31)24-12-23-20/h2-9,11-12H,10H2,1H3,(H,26,30)(H,23,24,31). The third kappa shape index (κ3) is 3.23. The SMILES string of the molecule is Cn1nc(CC(=O)Nc2ccccc2-n2ncc3c(=O)[nH]cnc32)c2ccccc2c1=O. The topological polar surface area (TPSA) is 128 Å². The number of nitrogens with one attached hydrogen (secondary N) is 2. The van der Waals surface area contributed by atoms with Gasteiger partial charge in [-0.25, -0.2) is 14.3 Å². The van der Waals surface area contributed by atoms with Crippen LogP contribution in [0.2, 0.25) is 0 Å². The molecule has 0 aliphatic carbocycles. The number of rotatable bonds is 4. The van der Waals surface area contributed by atoms with Crippen LogP contribution in [0, 0.1) is 0 Å². The molecule has 0 radical (unpaired) electrons. The largest absolute Gasteiger partial charge is 0.324 e. The summed E-state index contributed by atoms with van der Waals surface area (Å²) in [5.41, 5.74) is 1.42. The molecular weight excluding hydrogens is 410 g/mol. The Morgan fingerprint density at radius 3 is 2.62 bits per heavy atom. The fraction of sp³-hybridized carbons (Fsp3) is 0.0909. The van der Waals surface area contributed by atoms with E-state index in [1.165, 1.54) is 21.9 Å². The van der Waals surface area contributed by atoms with Crippen molar-refractivity contribution in [3.63, 3.8) is 0 Å². The number of fused-ring (bicyclic) bond motifs is 2. The van der Waals surface area contributed by atoms with Crippen LogP contribution in [-0.2, 0) is 18.3 Å². The van der Waals surface area contributed by atoms with Gasteiger partial charge in [-0.05, 0) is 18.2 Å². The smallest absolute Gasteiger partial charge is 0.274 e. The van der Waals surface area contributed by atoms with Crippen LogP contribution in [-0.4, -0.2) is 35.4 Å². The Hall–Kier alpha value is -4.60. The van der Waals surface area contributed by atoms with Crippen molar-refractivity contribution < 1.29 is 4.79 Å². The lowest BCUT2D eigenvalue weighted by Crippen LogP contribution is -2.24. The number of H-pyrrole nitrogens is 1. The normalized spacial score (nSPS) is 11.2. The summed E-state index contributed by atoms with van der Waals surface area (Å²) in [6.45, 7) is 0. The second-order valence-corrected chi connectivity index (χ2v) is 7.19. The van der Waals surface area contributed by atoms with Gasteiger partial charge in [-0.1, -0.05) is 30.3 Å². The number of amides is 1. The molecule has 0 spiro atoms. The van der Waals surface area contributed by atoms with Gasteiger partial charge in [-0.2, -0.15) is 10.2 Å². The molecule has 0 fully saturated rings. The van der Waals surface area contributed by atoms with Gasteiger partial charge in [0, 0.05) is 12.4 Å². The number of carbonyl (C=O) groups is 1. The zero-order valence-corrected chi connectivity index (χ0v) is 16.9. The Morgan fingerprint density at radius 1 is 1.03 bits per heavy atom. The molecule has 0 saturated carbocycles. The number of nitrogens with zero attached hydrogens (tertiary/aromatic N) is 5. The molecule has 0 aliphatic rings.